The quantitative estimate of drug-likeness (QED) is 0.748. The molecule has 23 heavy (non-hydrogen) atoms. The van der Waals surface area contributed by atoms with E-state index in [1.165, 1.54) is 11.9 Å². The number of hydrogen-bond acceptors (Lipinski definition) is 3. The molecular weight excluding hydrogens is 308 g/mol. The molecule has 2 aliphatic rings. The van der Waals surface area contributed by atoms with E-state index < -0.39 is 30.7 Å². The average Bonchev–Trinajstić information content (AvgIpc) is 2.68. The molecular formula is C17H30N2O3Si. The lowest BCUT2D eigenvalue weighted by atomic mass is 9.59. The van der Waals surface area contributed by atoms with Gasteiger partial charge < -0.3 is 5.11 Å². The Morgan fingerprint density at radius 1 is 1.17 bits per heavy atom. The van der Waals surface area contributed by atoms with Crippen LogP contribution in [0, 0.1) is 10.8 Å². The van der Waals surface area contributed by atoms with Gasteiger partial charge in [-0.05, 0) is 23.8 Å². The molecule has 2 fully saturated rings. The molecule has 0 radical (unpaired) electrons. The van der Waals surface area contributed by atoms with Crippen molar-refractivity contribution in [3.63, 3.8) is 0 Å². The number of urea groups is 1. The van der Waals surface area contributed by atoms with Crippen molar-refractivity contribution in [3.8, 4) is 0 Å². The third-order valence-corrected chi connectivity index (χ3v) is 6.64. The maximum atomic E-state index is 13.2. The zero-order chi connectivity index (χ0) is 18.0. The van der Waals surface area contributed by atoms with Crippen LogP contribution in [-0.4, -0.2) is 54.7 Å². The van der Waals surface area contributed by atoms with Gasteiger partial charge >= 0.3 is 6.03 Å². The van der Waals surface area contributed by atoms with Crippen molar-refractivity contribution in [2.24, 2.45) is 10.8 Å². The standard InChI is InChI=1S/C17H30N2O3Si/c1-15(2,3)16-10-9-12(11-23(6,7)8)17(16,22)19(5)14(21)18(4)13(16)20/h11,22H,9-10H2,1-8H3/b12-11+/t16-,17+/m0/s1. The SMILES string of the molecule is CN1C(=O)N(C)[C@@]2(O)/C(=C/[Si](C)(C)C)CC[C@@]2(C(C)(C)C)C1=O. The van der Waals surface area contributed by atoms with E-state index in [-0.39, 0.29) is 5.91 Å². The van der Waals surface area contributed by atoms with Gasteiger partial charge in [0.25, 0.3) is 0 Å². The predicted molar refractivity (Wildman–Crippen MR) is 93.4 cm³/mol. The number of imide groups is 1. The topological polar surface area (TPSA) is 60.9 Å². The van der Waals surface area contributed by atoms with Crippen LogP contribution in [0.2, 0.25) is 19.6 Å². The van der Waals surface area contributed by atoms with E-state index in [0.29, 0.717) is 12.8 Å². The van der Waals surface area contributed by atoms with Crippen LogP contribution in [0.5, 0.6) is 0 Å². The van der Waals surface area contributed by atoms with Gasteiger partial charge in [-0.25, -0.2) is 4.79 Å². The summed E-state index contributed by atoms with van der Waals surface area (Å²) in [6, 6.07) is -0.444. The highest BCUT2D eigenvalue weighted by Gasteiger charge is 2.72. The molecule has 1 aliphatic carbocycles. The van der Waals surface area contributed by atoms with Gasteiger partial charge in [0.15, 0.2) is 5.72 Å². The minimum absolute atomic E-state index is 0.269. The molecule has 1 N–H and O–H groups in total. The number of aliphatic hydroxyl groups is 1. The van der Waals surface area contributed by atoms with Crippen LogP contribution in [0.3, 0.4) is 0 Å². The highest BCUT2D eigenvalue weighted by Crippen LogP contribution is 2.62. The van der Waals surface area contributed by atoms with E-state index in [1.807, 2.05) is 20.8 Å². The number of likely N-dealkylation sites (N-methyl/N-ethyl adjacent to an activating group) is 1. The first-order valence-electron chi connectivity index (χ1n) is 8.21. The zero-order valence-corrected chi connectivity index (χ0v) is 16.6. The molecule has 0 spiro atoms. The number of hydrogen-bond donors (Lipinski definition) is 1. The van der Waals surface area contributed by atoms with Crippen LogP contribution < -0.4 is 0 Å². The normalized spacial score (nSPS) is 34.4. The van der Waals surface area contributed by atoms with E-state index in [9.17, 15) is 14.7 Å². The Bertz CT molecular complexity index is 588. The minimum atomic E-state index is -1.61. The summed E-state index contributed by atoms with van der Waals surface area (Å²) in [5.74, 6) is -0.269. The van der Waals surface area contributed by atoms with E-state index >= 15 is 0 Å². The summed E-state index contributed by atoms with van der Waals surface area (Å²) in [5, 5.41) is 11.8. The summed E-state index contributed by atoms with van der Waals surface area (Å²) >= 11 is 0. The molecule has 1 saturated carbocycles. The van der Waals surface area contributed by atoms with E-state index in [4.69, 9.17) is 0 Å². The second-order valence-electron chi connectivity index (χ2n) is 9.07. The van der Waals surface area contributed by atoms with Crippen molar-refractivity contribution < 1.29 is 14.7 Å². The second kappa shape index (κ2) is 4.93. The summed E-state index contributed by atoms with van der Waals surface area (Å²) in [6.07, 6.45) is 1.21. The number of carbonyl (C=O) groups is 2. The lowest BCUT2D eigenvalue weighted by Gasteiger charge is -2.57. The average molecular weight is 339 g/mol. The zero-order valence-electron chi connectivity index (χ0n) is 15.6. The fourth-order valence-corrected chi connectivity index (χ4v) is 5.74. The Kier molecular flexibility index (Phi) is 3.90. The molecule has 1 heterocycles. The first-order valence-corrected chi connectivity index (χ1v) is 11.8. The maximum absolute atomic E-state index is 13.2. The number of rotatable bonds is 1. The molecule has 6 heteroatoms. The molecule has 130 valence electrons. The van der Waals surface area contributed by atoms with Crippen molar-refractivity contribution in [1.29, 1.82) is 0 Å². The van der Waals surface area contributed by atoms with Crippen molar-refractivity contribution in [3.05, 3.63) is 11.3 Å². The number of carbonyl (C=O) groups excluding carboxylic acids is 2. The minimum Gasteiger partial charge on any atom is -0.366 e. The lowest BCUT2D eigenvalue weighted by Crippen LogP contribution is -2.74. The van der Waals surface area contributed by atoms with E-state index in [0.717, 1.165) is 10.5 Å². The van der Waals surface area contributed by atoms with Gasteiger partial charge in [0.2, 0.25) is 5.91 Å². The van der Waals surface area contributed by atoms with Gasteiger partial charge in [0.1, 0.15) is 5.41 Å². The first-order chi connectivity index (χ1) is 10.2. The molecule has 2 rings (SSSR count). The van der Waals surface area contributed by atoms with Crippen LogP contribution >= 0.6 is 0 Å². The summed E-state index contributed by atoms with van der Waals surface area (Å²) in [5.41, 5.74) is -0.0291. The van der Waals surface area contributed by atoms with Gasteiger partial charge in [-0.1, -0.05) is 46.1 Å². The summed E-state index contributed by atoms with van der Waals surface area (Å²) in [4.78, 5) is 28.2. The fourth-order valence-electron chi connectivity index (χ4n) is 4.35. The molecule has 0 bridgehead atoms. The van der Waals surface area contributed by atoms with E-state index in [1.54, 1.807) is 7.05 Å². The van der Waals surface area contributed by atoms with Gasteiger partial charge in [-0.3, -0.25) is 14.6 Å². The lowest BCUT2D eigenvalue weighted by molar-refractivity contribution is -0.202. The number of amides is 3. The molecule has 2 atom stereocenters. The predicted octanol–water partition coefficient (Wildman–Crippen LogP) is 2.83. The Balaban J connectivity index is 2.78. The molecule has 0 unspecified atom stereocenters. The van der Waals surface area contributed by atoms with Crippen LogP contribution in [0.4, 0.5) is 4.79 Å². The van der Waals surface area contributed by atoms with Crippen molar-refractivity contribution >= 4 is 20.0 Å². The van der Waals surface area contributed by atoms with Crippen molar-refractivity contribution in [2.45, 2.75) is 59.0 Å². The Labute approximate surface area is 140 Å². The van der Waals surface area contributed by atoms with Crippen molar-refractivity contribution in [1.82, 2.24) is 9.80 Å². The van der Waals surface area contributed by atoms with Gasteiger partial charge in [0, 0.05) is 14.1 Å². The highest BCUT2D eigenvalue weighted by atomic mass is 28.3. The molecule has 1 saturated heterocycles. The molecule has 0 aromatic heterocycles. The number of nitrogens with zero attached hydrogens (tertiary/aromatic N) is 2. The monoisotopic (exact) mass is 338 g/mol. The smallest absolute Gasteiger partial charge is 0.328 e. The third-order valence-electron chi connectivity index (χ3n) is 5.43. The van der Waals surface area contributed by atoms with Gasteiger partial charge in [-0.15, -0.1) is 0 Å². The fraction of sp³-hybridized carbons (Fsp3) is 0.765. The van der Waals surface area contributed by atoms with Gasteiger partial charge in [0.05, 0.1) is 8.07 Å². The third kappa shape index (κ3) is 2.22. The molecule has 1 aliphatic heterocycles. The highest BCUT2D eigenvalue weighted by molar-refractivity contribution is 6.81. The van der Waals surface area contributed by atoms with E-state index in [2.05, 4.69) is 25.3 Å². The number of fused-ring (bicyclic) bond motifs is 1. The van der Waals surface area contributed by atoms with Crippen LogP contribution in [-0.2, 0) is 4.79 Å². The van der Waals surface area contributed by atoms with Crippen LogP contribution in [0.15, 0.2) is 11.3 Å². The molecule has 0 aromatic rings. The van der Waals surface area contributed by atoms with Crippen molar-refractivity contribution in [2.75, 3.05) is 14.1 Å². The molecule has 5 nitrogen and oxygen atoms in total. The van der Waals surface area contributed by atoms with Crippen LogP contribution in [0.25, 0.3) is 0 Å². The molecule has 0 aromatic carbocycles. The molecule has 3 amide bonds. The second-order valence-corrected chi connectivity index (χ2v) is 14.1. The van der Waals surface area contributed by atoms with Gasteiger partial charge in [-0.2, -0.15) is 0 Å². The van der Waals surface area contributed by atoms with Crippen LogP contribution in [0.1, 0.15) is 33.6 Å². The largest absolute Gasteiger partial charge is 0.366 e. The Morgan fingerprint density at radius 2 is 1.70 bits per heavy atom. The Hall–Kier alpha value is -1.14. The maximum Gasteiger partial charge on any atom is 0.328 e. The first kappa shape index (κ1) is 18.2. The summed E-state index contributed by atoms with van der Waals surface area (Å²) in [6.45, 7) is 12.5. The Morgan fingerprint density at radius 3 is 2.13 bits per heavy atom. The summed E-state index contributed by atoms with van der Waals surface area (Å²) < 4.78 is 0. The summed E-state index contributed by atoms with van der Waals surface area (Å²) in [7, 11) is 1.50.